The third kappa shape index (κ3) is 4.43. The first-order valence-corrected chi connectivity index (χ1v) is 8.01. The van der Waals surface area contributed by atoms with Gasteiger partial charge in [-0.15, -0.1) is 0 Å². The summed E-state index contributed by atoms with van der Waals surface area (Å²) < 4.78 is 38.8. The van der Waals surface area contributed by atoms with Crippen LogP contribution >= 0.6 is 0 Å². The van der Waals surface area contributed by atoms with Crippen molar-refractivity contribution in [3.8, 4) is 17.8 Å². The summed E-state index contributed by atoms with van der Waals surface area (Å²) in [5, 5.41) is 12.0. The summed E-state index contributed by atoms with van der Waals surface area (Å²) in [7, 11) is 0. The highest BCUT2D eigenvalue weighted by molar-refractivity contribution is 5.33. The molecule has 0 atom stereocenters. The fourth-order valence-electron chi connectivity index (χ4n) is 2.54. The molecule has 0 bridgehead atoms. The van der Waals surface area contributed by atoms with Crippen molar-refractivity contribution in [2.45, 2.75) is 25.6 Å². The van der Waals surface area contributed by atoms with Crippen molar-refractivity contribution in [3.63, 3.8) is 0 Å². The van der Waals surface area contributed by atoms with Crippen LogP contribution in [0.15, 0.2) is 30.3 Å². The van der Waals surface area contributed by atoms with E-state index in [0.717, 1.165) is 32.0 Å². The first-order chi connectivity index (χ1) is 12.2. The lowest BCUT2D eigenvalue weighted by Gasteiger charge is -2.23. The Morgan fingerprint density at radius 2 is 1.96 bits per heavy atom. The van der Waals surface area contributed by atoms with E-state index >= 15 is 0 Å². The smallest absolute Gasteiger partial charge is 0.254 e. The number of nitrogens with one attached hydrogen (secondary N) is 1. The maximum atomic E-state index is 13.9. The van der Waals surface area contributed by atoms with E-state index < -0.39 is 11.6 Å². The SMILES string of the molecule is N#Cc1ccc(COc2nc(OC3CCNCC3)ccc2F)c(F)c1. The monoisotopic (exact) mass is 345 g/mol. The molecule has 2 aromatic rings. The molecular weight excluding hydrogens is 328 g/mol. The van der Waals surface area contributed by atoms with Crippen molar-refractivity contribution in [1.29, 1.82) is 5.26 Å². The maximum absolute atomic E-state index is 13.9. The van der Waals surface area contributed by atoms with E-state index in [2.05, 4.69) is 10.3 Å². The second-order valence-corrected chi connectivity index (χ2v) is 5.71. The Kier molecular flexibility index (Phi) is 5.41. The van der Waals surface area contributed by atoms with Gasteiger partial charge in [-0.25, -0.2) is 8.78 Å². The van der Waals surface area contributed by atoms with Crippen molar-refractivity contribution >= 4 is 0 Å². The largest absolute Gasteiger partial charge is 0.474 e. The van der Waals surface area contributed by atoms with Crippen molar-refractivity contribution in [1.82, 2.24) is 10.3 Å². The molecule has 0 amide bonds. The van der Waals surface area contributed by atoms with Gasteiger partial charge >= 0.3 is 0 Å². The highest BCUT2D eigenvalue weighted by Crippen LogP contribution is 2.22. The van der Waals surface area contributed by atoms with Gasteiger partial charge in [-0.1, -0.05) is 6.07 Å². The minimum absolute atomic E-state index is 0.0306. The molecule has 1 aromatic carbocycles. The average molecular weight is 345 g/mol. The fourth-order valence-corrected chi connectivity index (χ4v) is 2.54. The van der Waals surface area contributed by atoms with Crippen LogP contribution in [0.2, 0.25) is 0 Å². The van der Waals surface area contributed by atoms with Gasteiger partial charge in [0.2, 0.25) is 5.88 Å². The van der Waals surface area contributed by atoms with Crippen molar-refractivity contribution < 1.29 is 18.3 Å². The topological polar surface area (TPSA) is 67.2 Å². The number of nitrogens with zero attached hydrogens (tertiary/aromatic N) is 2. The highest BCUT2D eigenvalue weighted by atomic mass is 19.1. The minimum Gasteiger partial charge on any atom is -0.474 e. The van der Waals surface area contributed by atoms with Gasteiger partial charge in [0.1, 0.15) is 18.5 Å². The molecule has 1 N–H and O–H groups in total. The van der Waals surface area contributed by atoms with Crippen LogP contribution < -0.4 is 14.8 Å². The molecule has 7 heteroatoms. The van der Waals surface area contributed by atoms with E-state index in [4.69, 9.17) is 14.7 Å². The lowest BCUT2D eigenvalue weighted by atomic mass is 10.1. The van der Waals surface area contributed by atoms with Gasteiger partial charge in [-0.3, -0.25) is 0 Å². The van der Waals surface area contributed by atoms with E-state index in [1.165, 1.54) is 24.3 Å². The summed E-state index contributed by atoms with van der Waals surface area (Å²) >= 11 is 0. The van der Waals surface area contributed by atoms with Gasteiger partial charge in [0.05, 0.1) is 11.6 Å². The number of nitriles is 1. The van der Waals surface area contributed by atoms with Crippen LogP contribution in [0.1, 0.15) is 24.0 Å². The van der Waals surface area contributed by atoms with Gasteiger partial charge < -0.3 is 14.8 Å². The summed E-state index contributed by atoms with van der Waals surface area (Å²) in [6.07, 6.45) is 1.74. The number of rotatable bonds is 5. The van der Waals surface area contributed by atoms with E-state index in [0.29, 0.717) is 0 Å². The summed E-state index contributed by atoms with van der Waals surface area (Å²) in [6.45, 7) is 1.54. The third-order valence-corrected chi connectivity index (χ3v) is 3.91. The summed E-state index contributed by atoms with van der Waals surface area (Å²) in [5.41, 5.74) is 0.424. The van der Waals surface area contributed by atoms with Crippen LogP contribution in [-0.2, 0) is 6.61 Å². The van der Waals surface area contributed by atoms with E-state index in [1.54, 1.807) is 0 Å². The second-order valence-electron chi connectivity index (χ2n) is 5.71. The zero-order valence-corrected chi connectivity index (χ0v) is 13.5. The van der Waals surface area contributed by atoms with E-state index in [-0.39, 0.29) is 35.6 Å². The zero-order chi connectivity index (χ0) is 17.6. The maximum Gasteiger partial charge on any atom is 0.254 e. The second kappa shape index (κ2) is 7.90. The summed E-state index contributed by atoms with van der Waals surface area (Å²) in [5.74, 6) is -1.19. The van der Waals surface area contributed by atoms with Crippen molar-refractivity contribution in [2.75, 3.05) is 13.1 Å². The standard InChI is InChI=1S/C18H17F2N3O2/c19-15-3-4-17(25-14-5-7-22-8-6-14)23-18(15)24-11-13-2-1-12(10-21)9-16(13)20/h1-4,9,14,22H,5-8,11H2. The minimum atomic E-state index is -0.647. The van der Waals surface area contributed by atoms with Crippen LogP contribution in [0.4, 0.5) is 8.78 Å². The molecule has 1 aliphatic rings. The molecule has 25 heavy (non-hydrogen) atoms. The Morgan fingerprint density at radius 3 is 2.68 bits per heavy atom. The molecule has 5 nitrogen and oxygen atoms in total. The molecule has 2 heterocycles. The van der Waals surface area contributed by atoms with Gasteiger partial charge in [-0.05, 0) is 44.1 Å². The Morgan fingerprint density at radius 1 is 1.16 bits per heavy atom. The lowest BCUT2D eigenvalue weighted by molar-refractivity contribution is 0.152. The molecule has 0 unspecified atom stereocenters. The lowest BCUT2D eigenvalue weighted by Crippen LogP contribution is -2.34. The molecule has 0 aliphatic carbocycles. The fraction of sp³-hybridized carbons (Fsp3) is 0.333. The predicted octanol–water partition coefficient (Wildman–Crippen LogP) is 2.94. The van der Waals surface area contributed by atoms with Crippen molar-refractivity contribution in [2.24, 2.45) is 0 Å². The van der Waals surface area contributed by atoms with Crippen LogP contribution in [0.3, 0.4) is 0 Å². The number of aromatic nitrogens is 1. The Hall–Kier alpha value is -2.72. The number of halogens is 2. The van der Waals surface area contributed by atoms with Crippen LogP contribution in [0.25, 0.3) is 0 Å². The number of ether oxygens (including phenoxy) is 2. The third-order valence-electron chi connectivity index (χ3n) is 3.91. The Balaban J connectivity index is 1.67. The molecule has 1 saturated heterocycles. The highest BCUT2D eigenvalue weighted by Gasteiger charge is 2.17. The number of piperidine rings is 1. The number of pyridine rings is 1. The number of benzene rings is 1. The average Bonchev–Trinajstić information content (AvgIpc) is 2.63. The van der Waals surface area contributed by atoms with Crippen LogP contribution in [-0.4, -0.2) is 24.2 Å². The first-order valence-electron chi connectivity index (χ1n) is 8.01. The predicted molar refractivity (Wildman–Crippen MR) is 86.2 cm³/mol. The molecule has 0 spiro atoms. The van der Waals surface area contributed by atoms with Crippen LogP contribution in [0.5, 0.6) is 11.8 Å². The van der Waals surface area contributed by atoms with Gasteiger partial charge in [0.15, 0.2) is 5.82 Å². The normalized spacial score (nSPS) is 14.8. The molecule has 1 aromatic heterocycles. The molecular formula is C18H17F2N3O2. The Bertz CT molecular complexity index is 786. The molecule has 1 fully saturated rings. The van der Waals surface area contributed by atoms with Gasteiger partial charge in [-0.2, -0.15) is 10.2 Å². The molecule has 3 rings (SSSR count). The first kappa shape index (κ1) is 17.1. The molecule has 0 saturated carbocycles. The molecule has 1 aliphatic heterocycles. The molecule has 130 valence electrons. The number of hydrogen-bond donors (Lipinski definition) is 1. The van der Waals surface area contributed by atoms with E-state index in [1.807, 2.05) is 6.07 Å². The van der Waals surface area contributed by atoms with Gasteiger partial charge in [0.25, 0.3) is 5.88 Å². The van der Waals surface area contributed by atoms with Crippen molar-refractivity contribution in [3.05, 3.63) is 53.1 Å². The van der Waals surface area contributed by atoms with Gasteiger partial charge in [0, 0.05) is 11.6 Å². The number of hydrogen-bond acceptors (Lipinski definition) is 5. The zero-order valence-electron chi connectivity index (χ0n) is 13.5. The summed E-state index contributed by atoms with van der Waals surface area (Å²) in [4.78, 5) is 4.03. The Labute approximate surface area is 144 Å². The van der Waals surface area contributed by atoms with Crippen LogP contribution in [0, 0.1) is 23.0 Å². The molecule has 0 radical (unpaired) electrons. The quantitative estimate of drug-likeness (QED) is 0.902. The summed E-state index contributed by atoms with van der Waals surface area (Å²) in [6, 6.07) is 8.53. The van der Waals surface area contributed by atoms with E-state index in [9.17, 15) is 8.78 Å².